The van der Waals surface area contributed by atoms with Gasteiger partial charge in [-0.05, 0) is 61.4 Å². The molecule has 1 spiro atoms. The molecule has 1 saturated carbocycles. The van der Waals surface area contributed by atoms with Gasteiger partial charge in [0.2, 0.25) is 0 Å². The van der Waals surface area contributed by atoms with Gasteiger partial charge in [-0.2, -0.15) is 0 Å². The van der Waals surface area contributed by atoms with Crippen molar-refractivity contribution in [3.8, 4) is 11.5 Å². The Balaban J connectivity index is 0.00000121. The maximum Gasteiger partial charge on any atom is 0.157 e. The van der Waals surface area contributed by atoms with Gasteiger partial charge >= 0.3 is 0 Å². The van der Waals surface area contributed by atoms with Gasteiger partial charge in [-0.25, -0.2) is 0 Å². The van der Waals surface area contributed by atoms with Gasteiger partial charge in [0, 0.05) is 12.1 Å². The van der Waals surface area contributed by atoms with Gasteiger partial charge in [-0.3, -0.25) is 4.90 Å². The van der Waals surface area contributed by atoms with Crippen molar-refractivity contribution in [3.05, 3.63) is 23.3 Å². The van der Waals surface area contributed by atoms with E-state index in [1.165, 1.54) is 49.8 Å². The van der Waals surface area contributed by atoms with Crippen LogP contribution in [-0.2, 0) is 12.0 Å². The molecule has 0 aromatic heterocycles. The van der Waals surface area contributed by atoms with E-state index in [1.54, 1.807) is 6.07 Å². The van der Waals surface area contributed by atoms with Crippen LogP contribution in [-0.4, -0.2) is 28.2 Å². The summed E-state index contributed by atoms with van der Waals surface area (Å²) in [5.74, 6) is 0.824. The second-order valence-corrected chi connectivity index (χ2v) is 6.39. The minimum Gasteiger partial charge on any atom is -0.504 e. The molecule has 1 aromatic carbocycles. The molecule has 1 aliphatic carbocycles. The SMILES string of the molecule is Br.Oc1cc2c(cc1O)[C@]13CCCC[C@H]1CCN3CC2. The Kier molecular flexibility index (Phi) is 3.49. The zero-order valence-corrected chi connectivity index (χ0v) is 13.4. The third-order valence-corrected chi connectivity index (χ3v) is 5.67. The van der Waals surface area contributed by atoms with Gasteiger partial charge in [0.1, 0.15) is 0 Å². The van der Waals surface area contributed by atoms with Crippen LogP contribution in [0.3, 0.4) is 0 Å². The molecule has 20 heavy (non-hydrogen) atoms. The number of benzene rings is 1. The van der Waals surface area contributed by atoms with Crippen molar-refractivity contribution in [2.75, 3.05) is 13.1 Å². The van der Waals surface area contributed by atoms with Gasteiger partial charge in [-0.15, -0.1) is 17.0 Å². The Morgan fingerprint density at radius 2 is 1.85 bits per heavy atom. The van der Waals surface area contributed by atoms with Crippen LogP contribution in [0.1, 0.15) is 43.2 Å². The van der Waals surface area contributed by atoms with E-state index in [2.05, 4.69) is 4.90 Å². The molecule has 2 N–H and O–H groups in total. The molecule has 4 rings (SSSR count). The number of hydrogen-bond acceptors (Lipinski definition) is 3. The minimum absolute atomic E-state index is 0. The third-order valence-electron chi connectivity index (χ3n) is 5.67. The molecule has 1 aromatic rings. The van der Waals surface area contributed by atoms with Crippen LogP contribution in [0.25, 0.3) is 0 Å². The van der Waals surface area contributed by atoms with Gasteiger partial charge < -0.3 is 10.2 Å². The van der Waals surface area contributed by atoms with E-state index < -0.39 is 0 Å². The minimum atomic E-state index is 0. The molecule has 3 aliphatic rings. The molecule has 0 amide bonds. The molecule has 2 heterocycles. The van der Waals surface area contributed by atoms with E-state index in [-0.39, 0.29) is 34.0 Å². The number of hydrogen-bond donors (Lipinski definition) is 2. The number of halogens is 1. The predicted octanol–water partition coefficient (Wildman–Crippen LogP) is 3.32. The quantitative estimate of drug-likeness (QED) is 0.712. The van der Waals surface area contributed by atoms with Crippen LogP contribution >= 0.6 is 17.0 Å². The van der Waals surface area contributed by atoms with Crippen molar-refractivity contribution < 1.29 is 10.2 Å². The smallest absolute Gasteiger partial charge is 0.157 e. The molecule has 2 aliphatic heterocycles. The lowest BCUT2D eigenvalue weighted by Crippen LogP contribution is -2.50. The molecule has 110 valence electrons. The van der Waals surface area contributed by atoms with Crippen molar-refractivity contribution >= 4 is 17.0 Å². The molecule has 0 bridgehead atoms. The molecular formula is C16H22BrNO2. The summed E-state index contributed by atoms with van der Waals surface area (Å²) in [6, 6.07) is 3.64. The Morgan fingerprint density at radius 1 is 1.05 bits per heavy atom. The highest BCUT2D eigenvalue weighted by Crippen LogP contribution is 2.55. The Bertz CT molecular complexity index is 533. The molecule has 2 atom stereocenters. The van der Waals surface area contributed by atoms with Crippen LogP contribution in [0.2, 0.25) is 0 Å². The first-order chi connectivity index (χ1) is 9.22. The summed E-state index contributed by atoms with van der Waals surface area (Å²) in [6.45, 7) is 2.31. The first kappa shape index (κ1) is 14.2. The summed E-state index contributed by atoms with van der Waals surface area (Å²) in [6.07, 6.45) is 7.46. The van der Waals surface area contributed by atoms with E-state index in [4.69, 9.17) is 0 Å². The third kappa shape index (κ3) is 1.74. The van der Waals surface area contributed by atoms with Crippen LogP contribution < -0.4 is 0 Å². The van der Waals surface area contributed by atoms with Crippen molar-refractivity contribution in [2.45, 2.75) is 44.1 Å². The lowest BCUT2D eigenvalue weighted by Gasteiger charge is -2.49. The van der Waals surface area contributed by atoms with Gasteiger partial charge in [0.25, 0.3) is 0 Å². The molecule has 0 radical (unpaired) electrons. The maximum absolute atomic E-state index is 9.91. The largest absolute Gasteiger partial charge is 0.504 e. The summed E-state index contributed by atoms with van der Waals surface area (Å²) in [5.41, 5.74) is 2.72. The summed E-state index contributed by atoms with van der Waals surface area (Å²) in [7, 11) is 0. The lowest BCUT2D eigenvalue weighted by molar-refractivity contribution is 0.0500. The fraction of sp³-hybridized carbons (Fsp3) is 0.625. The standard InChI is InChI=1S/C16H21NO2.BrH/c18-14-9-11-4-7-17-8-5-12-3-1-2-6-16(12,17)13(11)10-15(14)19;/h9-10,12,18-19H,1-8H2;1H/t12-,16-;/m0./s1. The fourth-order valence-electron chi connectivity index (χ4n) is 4.86. The number of fused-ring (bicyclic) bond motifs is 1. The number of rotatable bonds is 0. The first-order valence-electron chi connectivity index (χ1n) is 7.52. The fourth-order valence-corrected chi connectivity index (χ4v) is 4.86. The summed E-state index contributed by atoms with van der Waals surface area (Å²) in [5, 5.41) is 19.7. The van der Waals surface area contributed by atoms with Crippen molar-refractivity contribution in [1.29, 1.82) is 0 Å². The molecule has 3 nitrogen and oxygen atoms in total. The Morgan fingerprint density at radius 3 is 2.70 bits per heavy atom. The Labute approximate surface area is 130 Å². The van der Waals surface area contributed by atoms with Crippen LogP contribution in [0.5, 0.6) is 11.5 Å². The monoisotopic (exact) mass is 339 g/mol. The summed E-state index contributed by atoms with van der Waals surface area (Å²) < 4.78 is 0. The predicted molar refractivity (Wildman–Crippen MR) is 83.6 cm³/mol. The van der Waals surface area contributed by atoms with Crippen molar-refractivity contribution in [2.24, 2.45) is 5.92 Å². The Hall–Kier alpha value is -0.740. The molecule has 2 fully saturated rings. The van der Waals surface area contributed by atoms with E-state index in [9.17, 15) is 10.2 Å². The highest BCUT2D eigenvalue weighted by molar-refractivity contribution is 8.93. The maximum atomic E-state index is 9.91. The zero-order valence-electron chi connectivity index (χ0n) is 11.6. The van der Waals surface area contributed by atoms with Crippen molar-refractivity contribution in [3.63, 3.8) is 0 Å². The lowest BCUT2D eigenvalue weighted by atomic mass is 9.66. The molecular weight excluding hydrogens is 318 g/mol. The first-order valence-corrected chi connectivity index (χ1v) is 7.52. The topological polar surface area (TPSA) is 43.7 Å². The summed E-state index contributed by atoms with van der Waals surface area (Å²) >= 11 is 0. The highest BCUT2D eigenvalue weighted by Gasteiger charge is 2.52. The van der Waals surface area contributed by atoms with Crippen LogP contribution in [0, 0.1) is 5.92 Å². The number of aromatic hydroxyl groups is 2. The normalized spacial score (nSPS) is 31.9. The average Bonchev–Trinajstić information content (AvgIpc) is 2.80. The van der Waals surface area contributed by atoms with E-state index in [1.807, 2.05) is 6.07 Å². The molecule has 0 unspecified atom stereocenters. The van der Waals surface area contributed by atoms with E-state index in [0.29, 0.717) is 0 Å². The molecule has 4 heteroatoms. The van der Waals surface area contributed by atoms with Gasteiger partial charge in [0.05, 0.1) is 0 Å². The van der Waals surface area contributed by atoms with Gasteiger partial charge in [0.15, 0.2) is 11.5 Å². The zero-order chi connectivity index (χ0) is 13.0. The molecule has 1 saturated heterocycles. The van der Waals surface area contributed by atoms with Crippen LogP contribution in [0.4, 0.5) is 0 Å². The second kappa shape index (κ2) is 4.92. The summed E-state index contributed by atoms with van der Waals surface area (Å²) in [4.78, 5) is 2.65. The highest BCUT2D eigenvalue weighted by atomic mass is 79.9. The van der Waals surface area contributed by atoms with Crippen molar-refractivity contribution in [1.82, 2.24) is 4.90 Å². The second-order valence-electron chi connectivity index (χ2n) is 6.39. The van der Waals surface area contributed by atoms with Gasteiger partial charge in [-0.1, -0.05) is 12.8 Å². The number of nitrogens with zero attached hydrogens (tertiary/aromatic N) is 1. The van der Waals surface area contributed by atoms with E-state index in [0.717, 1.165) is 18.9 Å². The van der Waals surface area contributed by atoms with Crippen LogP contribution in [0.15, 0.2) is 12.1 Å². The average molecular weight is 340 g/mol. The number of phenolic OH excluding ortho intramolecular Hbond substituents is 2. The number of phenols is 2. The van der Waals surface area contributed by atoms with E-state index >= 15 is 0 Å².